The Bertz CT molecular complexity index is 1180. The van der Waals surface area contributed by atoms with Crippen molar-refractivity contribution in [3.8, 4) is 5.75 Å². The molecule has 0 radical (unpaired) electrons. The summed E-state index contributed by atoms with van der Waals surface area (Å²) in [5, 5.41) is 3.60. The van der Waals surface area contributed by atoms with Crippen molar-refractivity contribution in [1.82, 2.24) is 10.2 Å². The van der Waals surface area contributed by atoms with E-state index in [1.807, 2.05) is 19.9 Å². The third-order valence-electron chi connectivity index (χ3n) is 6.75. The van der Waals surface area contributed by atoms with Crippen LogP contribution in [0, 0.1) is 0 Å². The van der Waals surface area contributed by atoms with Crippen molar-refractivity contribution in [2.45, 2.75) is 71.0 Å². The van der Waals surface area contributed by atoms with Crippen LogP contribution in [0.15, 0.2) is 48.5 Å². The van der Waals surface area contributed by atoms with Crippen LogP contribution < -0.4 is 14.4 Å². The lowest BCUT2D eigenvalue weighted by Crippen LogP contribution is -2.54. The fourth-order valence-electron chi connectivity index (χ4n) is 4.76. The summed E-state index contributed by atoms with van der Waals surface area (Å²) in [4.78, 5) is 28.7. The van der Waals surface area contributed by atoms with Gasteiger partial charge in [0.05, 0.1) is 18.6 Å². The molecule has 38 heavy (non-hydrogen) atoms. The summed E-state index contributed by atoms with van der Waals surface area (Å²) in [6, 6.07) is 13.0. The van der Waals surface area contributed by atoms with E-state index < -0.39 is 28.5 Å². The third kappa shape index (κ3) is 8.11. The maximum atomic E-state index is 13.8. The first kappa shape index (κ1) is 29.8. The number of carbonyl (C=O) groups excluding carboxylic acids is 2. The van der Waals surface area contributed by atoms with Crippen molar-refractivity contribution in [3.63, 3.8) is 0 Å². The number of benzene rings is 2. The van der Waals surface area contributed by atoms with Crippen molar-refractivity contribution in [1.29, 1.82) is 0 Å². The zero-order chi connectivity index (χ0) is 27.7. The van der Waals surface area contributed by atoms with E-state index >= 15 is 0 Å². The van der Waals surface area contributed by atoms with Gasteiger partial charge in [0.25, 0.3) is 0 Å². The van der Waals surface area contributed by atoms with Gasteiger partial charge in [-0.25, -0.2) is 8.42 Å². The molecule has 1 aliphatic carbocycles. The predicted molar refractivity (Wildman–Crippen MR) is 151 cm³/mol. The Morgan fingerprint density at radius 2 is 1.71 bits per heavy atom. The lowest BCUT2D eigenvalue weighted by molar-refractivity contribution is -0.140. The summed E-state index contributed by atoms with van der Waals surface area (Å²) < 4.78 is 32.1. The molecular formula is C28H38ClN3O5S. The number of ether oxygens (including phenoxy) is 1. The van der Waals surface area contributed by atoms with Gasteiger partial charge in [0.2, 0.25) is 21.8 Å². The zero-order valence-electron chi connectivity index (χ0n) is 22.4. The number of hydrogen-bond acceptors (Lipinski definition) is 5. The Kier molecular flexibility index (Phi) is 10.8. The first-order valence-corrected chi connectivity index (χ1v) is 15.4. The molecule has 208 valence electrons. The molecule has 0 unspecified atom stereocenters. The summed E-state index contributed by atoms with van der Waals surface area (Å²) in [6.07, 6.45) is 6.55. The zero-order valence-corrected chi connectivity index (χ0v) is 23.9. The molecule has 1 N–H and O–H groups in total. The molecular weight excluding hydrogens is 526 g/mol. The molecule has 8 nitrogen and oxygen atoms in total. The highest BCUT2D eigenvalue weighted by Gasteiger charge is 2.33. The summed E-state index contributed by atoms with van der Waals surface area (Å²) in [7, 11) is -3.81. The van der Waals surface area contributed by atoms with Gasteiger partial charge in [0, 0.05) is 17.6 Å². The lowest BCUT2D eigenvalue weighted by Gasteiger charge is -2.34. The topological polar surface area (TPSA) is 96.0 Å². The van der Waals surface area contributed by atoms with E-state index in [4.69, 9.17) is 16.3 Å². The SMILES string of the molecule is CCOc1ccc(N(CC(=O)N(Cc2ccccc2Cl)[C@@H](CC)C(=O)NC2CCCCC2)S(C)(=O)=O)cc1. The maximum absolute atomic E-state index is 13.8. The lowest BCUT2D eigenvalue weighted by atomic mass is 9.95. The van der Waals surface area contributed by atoms with Crippen molar-refractivity contribution >= 4 is 39.1 Å². The van der Waals surface area contributed by atoms with Gasteiger partial charge in [0.15, 0.2) is 0 Å². The van der Waals surface area contributed by atoms with Crippen LogP contribution in [0.4, 0.5) is 5.69 Å². The first-order chi connectivity index (χ1) is 18.1. The second-order valence-corrected chi connectivity index (χ2v) is 11.9. The Balaban J connectivity index is 1.90. The number of anilines is 1. The molecule has 0 aliphatic heterocycles. The molecule has 10 heteroatoms. The molecule has 0 spiro atoms. The normalized spacial score (nSPS) is 14.9. The predicted octanol–water partition coefficient (Wildman–Crippen LogP) is 4.76. The summed E-state index contributed by atoms with van der Waals surface area (Å²) >= 11 is 6.41. The van der Waals surface area contributed by atoms with Crippen LogP contribution >= 0.6 is 11.6 Å². The number of rotatable bonds is 12. The molecule has 2 amide bonds. The van der Waals surface area contributed by atoms with Gasteiger partial charge >= 0.3 is 0 Å². The highest BCUT2D eigenvalue weighted by atomic mass is 35.5. The van der Waals surface area contributed by atoms with E-state index in [0.717, 1.165) is 42.7 Å². The summed E-state index contributed by atoms with van der Waals surface area (Å²) in [5.74, 6) is -0.122. The van der Waals surface area contributed by atoms with E-state index in [9.17, 15) is 18.0 Å². The van der Waals surface area contributed by atoms with Crippen LogP contribution in [-0.4, -0.2) is 56.6 Å². The second kappa shape index (κ2) is 13.8. The number of halogens is 1. The largest absolute Gasteiger partial charge is 0.494 e. The number of amides is 2. The summed E-state index contributed by atoms with van der Waals surface area (Å²) in [5.41, 5.74) is 1.01. The number of hydrogen-bond donors (Lipinski definition) is 1. The molecule has 0 bridgehead atoms. The average Bonchev–Trinajstić information content (AvgIpc) is 2.89. The first-order valence-electron chi connectivity index (χ1n) is 13.2. The number of sulfonamides is 1. The van der Waals surface area contributed by atoms with E-state index in [1.54, 1.807) is 42.5 Å². The Morgan fingerprint density at radius 3 is 2.29 bits per heavy atom. The smallest absolute Gasteiger partial charge is 0.244 e. The van der Waals surface area contributed by atoms with Crippen LogP contribution in [-0.2, 0) is 26.2 Å². The molecule has 3 rings (SSSR count). The number of nitrogens with zero attached hydrogens (tertiary/aromatic N) is 2. The van der Waals surface area contributed by atoms with Crippen LogP contribution in [0.2, 0.25) is 5.02 Å². The van der Waals surface area contributed by atoms with Crippen molar-refractivity contribution in [2.24, 2.45) is 0 Å². The van der Waals surface area contributed by atoms with Crippen LogP contribution in [0.3, 0.4) is 0 Å². The standard InChI is InChI=1S/C28H38ClN3O5S/c1-4-26(28(34)30-22-12-7-6-8-13-22)31(19-21-11-9-10-14-25(21)29)27(33)20-32(38(3,35)36)23-15-17-24(18-16-23)37-5-2/h9-11,14-18,22,26H,4-8,12-13,19-20H2,1-3H3,(H,30,34)/t26-/m0/s1. The van der Waals surface area contributed by atoms with Gasteiger partial charge in [-0.3, -0.25) is 13.9 Å². The van der Waals surface area contributed by atoms with Crippen LogP contribution in [0.1, 0.15) is 57.9 Å². The molecule has 0 aromatic heterocycles. The van der Waals surface area contributed by atoms with Gasteiger partial charge in [-0.1, -0.05) is 56.0 Å². The van der Waals surface area contributed by atoms with Crippen molar-refractivity contribution in [3.05, 3.63) is 59.1 Å². The Hall–Kier alpha value is -2.78. The number of nitrogens with one attached hydrogen (secondary N) is 1. The van der Waals surface area contributed by atoms with Crippen molar-refractivity contribution < 1.29 is 22.7 Å². The van der Waals surface area contributed by atoms with Crippen LogP contribution in [0.5, 0.6) is 5.75 Å². The minimum atomic E-state index is -3.81. The molecule has 0 saturated heterocycles. The Morgan fingerprint density at radius 1 is 1.05 bits per heavy atom. The molecule has 2 aromatic carbocycles. The fraction of sp³-hybridized carbons (Fsp3) is 0.500. The Labute approximate surface area is 231 Å². The van der Waals surface area contributed by atoms with Crippen LogP contribution in [0.25, 0.3) is 0 Å². The molecule has 2 aromatic rings. The highest BCUT2D eigenvalue weighted by Crippen LogP contribution is 2.25. The van der Waals surface area contributed by atoms with Gasteiger partial charge < -0.3 is 15.0 Å². The third-order valence-corrected chi connectivity index (χ3v) is 8.26. The van der Waals surface area contributed by atoms with Crippen molar-refractivity contribution in [2.75, 3.05) is 23.7 Å². The van der Waals surface area contributed by atoms with E-state index in [0.29, 0.717) is 35.1 Å². The second-order valence-electron chi connectivity index (χ2n) is 9.58. The van der Waals surface area contributed by atoms with Gasteiger partial charge in [-0.15, -0.1) is 0 Å². The number of carbonyl (C=O) groups is 2. The summed E-state index contributed by atoms with van der Waals surface area (Å²) in [6.45, 7) is 3.81. The fourth-order valence-corrected chi connectivity index (χ4v) is 5.81. The monoisotopic (exact) mass is 563 g/mol. The van der Waals surface area contributed by atoms with Gasteiger partial charge in [-0.2, -0.15) is 0 Å². The highest BCUT2D eigenvalue weighted by molar-refractivity contribution is 7.92. The maximum Gasteiger partial charge on any atom is 0.244 e. The van der Waals surface area contributed by atoms with Gasteiger partial charge in [0.1, 0.15) is 18.3 Å². The molecule has 1 atom stereocenters. The quantitative estimate of drug-likeness (QED) is 0.401. The molecule has 1 saturated carbocycles. The minimum Gasteiger partial charge on any atom is -0.494 e. The molecule has 0 heterocycles. The molecule has 1 fully saturated rings. The van der Waals surface area contributed by atoms with E-state index in [-0.39, 0.29) is 18.5 Å². The van der Waals surface area contributed by atoms with Gasteiger partial charge in [-0.05, 0) is 62.1 Å². The average molecular weight is 564 g/mol. The minimum absolute atomic E-state index is 0.0793. The van der Waals surface area contributed by atoms with E-state index in [1.165, 1.54) is 4.90 Å². The molecule has 1 aliphatic rings. The van der Waals surface area contributed by atoms with E-state index in [2.05, 4.69) is 5.32 Å².